The largest absolute Gasteiger partial charge is 0.350 e. The van der Waals surface area contributed by atoms with Gasteiger partial charge in [0.2, 0.25) is 0 Å². The fourth-order valence-corrected chi connectivity index (χ4v) is 1.30. The van der Waals surface area contributed by atoms with E-state index in [1.165, 1.54) is 11.3 Å². The number of hydrogen-bond acceptors (Lipinski definition) is 0. The molecular formula is C11H10N. The third-order valence-electron chi connectivity index (χ3n) is 1.94. The number of hydrogen-bond donors (Lipinski definition) is 0. The summed E-state index contributed by atoms with van der Waals surface area (Å²) in [6.45, 7) is 0. The van der Waals surface area contributed by atoms with Crippen molar-refractivity contribution < 1.29 is 0 Å². The molecule has 0 aliphatic carbocycles. The molecule has 0 saturated carbocycles. The maximum Gasteiger partial charge on any atom is 0.0484 e. The van der Waals surface area contributed by atoms with Crippen LogP contribution in [0.2, 0.25) is 0 Å². The zero-order valence-corrected chi connectivity index (χ0v) is 6.99. The molecule has 1 nitrogen and oxygen atoms in total. The van der Waals surface area contributed by atoms with E-state index in [1.54, 1.807) is 0 Å². The van der Waals surface area contributed by atoms with E-state index in [4.69, 9.17) is 0 Å². The SMILES string of the molecule is Cn1c[c]cc1-c1ccccc1. The first-order chi connectivity index (χ1) is 5.88. The Kier molecular flexibility index (Phi) is 1.71. The summed E-state index contributed by atoms with van der Waals surface area (Å²) in [6, 6.07) is 15.4. The Bertz CT molecular complexity index is 360. The minimum absolute atomic E-state index is 1.20. The Morgan fingerprint density at radius 3 is 2.50 bits per heavy atom. The van der Waals surface area contributed by atoms with Crippen molar-refractivity contribution in [1.82, 2.24) is 4.57 Å². The van der Waals surface area contributed by atoms with Crippen LogP contribution in [0.25, 0.3) is 11.3 Å². The lowest BCUT2D eigenvalue weighted by Gasteiger charge is -2.01. The Morgan fingerprint density at radius 2 is 1.92 bits per heavy atom. The van der Waals surface area contributed by atoms with E-state index < -0.39 is 0 Å². The molecule has 1 aromatic heterocycles. The molecule has 0 saturated heterocycles. The van der Waals surface area contributed by atoms with Crippen LogP contribution in [-0.2, 0) is 7.05 Å². The number of rotatable bonds is 1. The van der Waals surface area contributed by atoms with E-state index in [-0.39, 0.29) is 0 Å². The fourth-order valence-electron chi connectivity index (χ4n) is 1.30. The van der Waals surface area contributed by atoms with Gasteiger partial charge in [-0.05, 0) is 11.6 Å². The maximum absolute atomic E-state index is 3.06. The number of aromatic nitrogens is 1. The second-order valence-electron chi connectivity index (χ2n) is 2.80. The van der Waals surface area contributed by atoms with E-state index >= 15 is 0 Å². The molecule has 0 unspecified atom stereocenters. The average Bonchev–Trinajstić information content (AvgIpc) is 2.53. The highest BCUT2D eigenvalue weighted by molar-refractivity contribution is 5.59. The second kappa shape index (κ2) is 2.86. The summed E-state index contributed by atoms with van der Waals surface area (Å²) in [6.07, 6.45) is 1.93. The molecule has 1 radical (unpaired) electrons. The molecule has 0 spiro atoms. The van der Waals surface area contributed by atoms with Gasteiger partial charge >= 0.3 is 0 Å². The van der Waals surface area contributed by atoms with Crippen LogP contribution in [0.5, 0.6) is 0 Å². The highest BCUT2D eigenvalue weighted by Gasteiger charge is 1.98. The molecule has 0 N–H and O–H groups in total. The quantitative estimate of drug-likeness (QED) is 0.597. The Balaban J connectivity index is 2.51. The molecule has 0 atom stereocenters. The van der Waals surface area contributed by atoms with Crippen LogP contribution in [0, 0.1) is 6.07 Å². The number of benzene rings is 1. The molecule has 0 aliphatic rings. The Hall–Kier alpha value is -1.50. The Morgan fingerprint density at radius 1 is 1.17 bits per heavy atom. The van der Waals surface area contributed by atoms with Crippen molar-refractivity contribution in [3.63, 3.8) is 0 Å². The van der Waals surface area contributed by atoms with Gasteiger partial charge < -0.3 is 4.57 Å². The summed E-state index contributed by atoms with van der Waals surface area (Å²) in [7, 11) is 2.03. The summed E-state index contributed by atoms with van der Waals surface area (Å²) in [5.41, 5.74) is 2.44. The van der Waals surface area contributed by atoms with Crippen molar-refractivity contribution in [3.05, 3.63) is 48.7 Å². The van der Waals surface area contributed by atoms with Crippen LogP contribution in [0.1, 0.15) is 0 Å². The molecule has 1 aromatic carbocycles. The first kappa shape index (κ1) is 7.17. The lowest BCUT2D eigenvalue weighted by molar-refractivity contribution is 0.936. The topological polar surface area (TPSA) is 4.93 Å². The van der Waals surface area contributed by atoms with Crippen molar-refractivity contribution >= 4 is 0 Å². The highest BCUT2D eigenvalue weighted by Crippen LogP contribution is 2.17. The average molecular weight is 156 g/mol. The molecular weight excluding hydrogens is 146 g/mol. The van der Waals surface area contributed by atoms with Crippen LogP contribution in [0.4, 0.5) is 0 Å². The smallest absolute Gasteiger partial charge is 0.0484 e. The molecule has 1 heteroatoms. The summed E-state index contributed by atoms with van der Waals surface area (Å²) in [5.74, 6) is 0. The lowest BCUT2D eigenvalue weighted by Crippen LogP contribution is -1.87. The second-order valence-corrected chi connectivity index (χ2v) is 2.80. The van der Waals surface area contributed by atoms with Crippen LogP contribution in [-0.4, -0.2) is 4.57 Å². The predicted octanol–water partition coefficient (Wildman–Crippen LogP) is 2.49. The van der Waals surface area contributed by atoms with Gasteiger partial charge in [-0.25, -0.2) is 0 Å². The van der Waals surface area contributed by atoms with Gasteiger partial charge in [-0.1, -0.05) is 30.3 Å². The van der Waals surface area contributed by atoms with E-state index in [2.05, 4.69) is 22.8 Å². The van der Waals surface area contributed by atoms with E-state index in [0.29, 0.717) is 0 Å². The molecule has 0 fully saturated rings. The first-order valence-electron chi connectivity index (χ1n) is 3.96. The Labute approximate surface area is 72.3 Å². The molecule has 59 valence electrons. The van der Waals surface area contributed by atoms with E-state index in [0.717, 1.165) is 0 Å². The molecule has 0 amide bonds. The number of nitrogens with zero attached hydrogens (tertiary/aromatic N) is 1. The lowest BCUT2D eigenvalue weighted by atomic mass is 10.2. The standard InChI is InChI=1S/C11H10N/c1-12-9-5-8-11(12)10-6-3-2-4-7-10/h2-4,6-9H,1H3. The van der Waals surface area contributed by atoms with Crippen molar-refractivity contribution in [2.75, 3.05) is 0 Å². The van der Waals surface area contributed by atoms with Gasteiger partial charge in [0, 0.05) is 25.0 Å². The van der Waals surface area contributed by atoms with Crippen molar-refractivity contribution in [3.8, 4) is 11.3 Å². The highest BCUT2D eigenvalue weighted by atomic mass is 14.9. The van der Waals surface area contributed by atoms with Gasteiger partial charge in [0.05, 0.1) is 0 Å². The zero-order valence-electron chi connectivity index (χ0n) is 6.99. The van der Waals surface area contributed by atoms with E-state index in [9.17, 15) is 0 Å². The zero-order chi connectivity index (χ0) is 8.39. The van der Waals surface area contributed by atoms with Crippen molar-refractivity contribution in [2.45, 2.75) is 0 Å². The fraction of sp³-hybridized carbons (Fsp3) is 0.0909. The van der Waals surface area contributed by atoms with Gasteiger partial charge in [0.25, 0.3) is 0 Å². The monoisotopic (exact) mass is 156 g/mol. The molecule has 12 heavy (non-hydrogen) atoms. The van der Waals surface area contributed by atoms with Gasteiger partial charge in [0.15, 0.2) is 0 Å². The maximum atomic E-state index is 3.06. The molecule has 2 rings (SSSR count). The minimum Gasteiger partial charge on any atom is -0.350 e. The third-order valence-corrected chi connectivity index (χ3v) is 1.94. The van der Waals surface area contributed by atoms with Crippen LogP contribution < -0.4 is 0 Å². The summed E-state index contributed by atoms with van der Waals surface area (Å²) < 4.78 is 2.06. The molecule has 0 aliphatic heterocycles. The van der Waals surface area contributed by atoms with Crippen LogP contribution in [0.15, 0.2) is 42.6 Å². The van der Waals surface area contributed by atoms with Crippen LogP contribution >= 0.6 is 0 Å². The third kappa shape index (κ3) is 1.14. The summed E-state index contributed by atoms with van der Waals surface area (Å²) in [4.78, 5) is 0. The molecule has 0 bridgehead atoms. The normalized spacial score (nSPS) is 10.1. The minimum atomic E-state index is 1.20. The van der Waals surface area contributed by atoms with E-state index in [1.807, 2.05) is 37.5 Å². The predicted molar refractivity (Wildman–Crippen MR) is 49.7 cm³/mol. The summed E-state index contributed by atoms with van der Waals surface area (Å²) in [5, 5.41) is 0. The van der Waals surface area contributed by atoms with Gasteiger partial charge in [-0.3, -0.25) is 0 Å². The van der Waals surface area contributed by atoms with Gasteiger partial charge in [-0.15, -0.1) is 0 Å². The van der Waals surface area contributed by atoms with Gasteiger partial charge in [0.1, 0.15) is 0 Å². The molecule has 2 aromatic rings. The van der Waals surface area contributed by atoms with Gasteiger partial charge in [-0.2, -0.15) is 0 Å². The summed E-state index contributed by atoms with van der Waals surface area (Å²) >= 11 is 0. The molecule has 1 heterocycles. The van der Waals surface area contributed by atoms with Crippen molar-refractivity contribution in [1.29, 1.82) is 0 Å². The van der Waals surface area contributed by atoms with Crippen molar-refractivity contribution in [2.24, 2.45) is 7.05 Å². The first-order valence-corrected chi connectivity index (χ1v) is 3.96. The van der Waals surface area contributed by atoms with Crippen LogP contribution in [0.3, 0.4) is 0 Å². The number of aryl methyl sites for hydroxylation is 1.